The number of nitrogens with zero attached hydrogens (tertiary/aromatic N) is 4. The van der Waals surface area contributed by atoms with Crippen LogP contribution in [0.4, 0.5) is 0 Å². The number of hydrogen-bond acceptors (Lipinski definition) is 6. The lowest BCUT2D eigenvalue weighted by molar-refractivity contribution is 0.673. The lowest BCUT2D eigenvalue weighted by Gasteiger charge is -2.11. The van der Waals surface area contributed by atoms with Gasteiger partial charge in [-0.3, -0.25) is 0 Å². The molecule has 0 atom stereocenters. The fraction of sp³-hybridized carbons (Fsp3) is 0. The molecule has 0 fully saturated rings. The van der Waals surface area contributed by atoms with Crippen LogP contribution >= 0.6 is 11.3 Å². The number of hydrogen-bond donors (Lipinski definition) is 0. The Morgan fingerprint density at radius 1 is 0.362 bits per heavy atom. The Hall–Kier alpha value is -7.54. The second kappa shape index (κ2) is 13.0. The van der Waals surface area contributed by atoms with Crippen molar-refractivity contribution in [3.05, 3.63) is 182 Å². The highest BCUT2D eigenvalue weighted by atomic mass is 32.1. The predicted molar refractivity (Wildman–Crippen MR) is 240 cm³/mol. The monoisotopic (exact) mass is 758 g/mol. The van der Waals surface area contributed by atoms with Crippen LogP contribution in [0.5, 0.6) is 0 Å². The van der Waals surface area contributed by atoms with Crippen LogP contribution in [0, 0.1) is 0 Å². The highest BCUT2D eigenvalue weighted by molar-refractivity contribution is 7.25. The Balaban J connectivity index is 1.02. The topological polar surface area (TPSA) is 64.7 Å². The molecule has 12 aromatic rings. The predicted octanol–water partition coefficient (Wildman–Crippen LogP) is 14.2. The van der Waals surface area contributed by atoms with Gasteiger partial charge in [0.15, 0.2) is 17.5 Å². The van der Waals surface area contributed by atoms with Crippen molar-refractivity contribution in [2.75, 3.05) is 0 Å². The van der Waals surface area contributed by atoms with E-state index in [1.54, 1.807) is 11.3 Å². The molecule has 6 heteroatoms. The van der Waals surface area contributed by atoms with E-state index < -0.39 is 0 Å². The van der Waals surface area contributed by atoms with Crippen molar-refractivity contribution in [1.82, 2.24) is 19.9 Å². The van der Waals surface area contributed by atoms with E-state index in [2.05, 4.69) is 152 Å². The molecular weight excluding hydrogens is 729 g/mol. The van der Waals surface area contributed by atoms with Crippen LogP contribution in [0.15, 0.2) is 186 Å². The molecule has 0 radical (unpaired) electrons. The molecule has 4 aromatic heterocycles. The molecule has 0 N–H and O–H groups in total. The van der Waals surface area contributed by atoms with Crippen molar-refractivity contribution in [2.45, 2.75) is 0 Å². The zero-order chi connectivity index (χ0) is 38.2. The minimum Gasteiger partial charge on any atom is -0.455 e. The summed E-state index contributed by atoms with van der Waals surface area (Å²) in [6.07, 6.45) is 0. The zero-order valence-electron chi connectivity index (χ0n) is 30.9. The van der Waals surface area contributed by atoms with Gasteiger partial charge in [0, 0.05) is 69.4 Å². The first-order valence-corrected chi connectivity index (χ1v) is 20.1. The molecule has 0 amide bonds. The number of para-hydroxylation sites is 1. The van der Waals surface area contributed by atoms with E-state index in [4.69, 9.17) is 24.4 Å². The van der Waals surface area contributed by atoms with Crippen LogP contribution in [0.2, 0.25) is 0 Å². The maximum Gasteiger partial charge on any atom is 0.164 e. The lowest BCUT2D eigenvalue weighted by Crippen LogP contribution is -2.00. The average molecular weight is 759 g/mol. The van der Waals surface area contributed by atoms with Gasteiger partial charge >= 0.3 is 0 Å². The first kappa shape index (κ1) is 32.7. The Labute approximate surface area is 336 Å². The molecule has 0 aliphatic carbocycles. The minimum atomic E-state index is 0.623. The van der Waals surface area contributed by atoms with E-state index in [1.165, 1.54) is 20.2 Å². The third-order valence-corrected chi connectivity index (χ3v) is 12.2. The molecule has 58 heavy (non-hydrogen) atoms. The molecule has 4 heterocycles. The van der Waals surface area contributed by atoms with Crippen LogP contribution in [0.3, 0.4) is 0 Å². The summed E-state index contributed by atoms with van der Waals surface area (Å²) in [6, 6.07) is 63.2. The second-order valence-corrected chi connectivity index (χ2v) is 15.6. The van der Waals surface area contributed by atoms with Gasteiger partial charge in [-0.15, -0.1) is 11.3 Å². The quantitative estimate of drug-likeness (QED) is 0.164. The molecule has 0 bridgehead atoms. The first-order valence-electron chi connectivity index (χ1n) is 19.3. The normalized spacial score (nSPS) is 11.8. The molecule has 0 saturated carbocycles. The van der Waals surface area contributed by atoms with Crippen molar-refractivity contribution in [1.29, 1.82) is 0 Å². The Morgan fingerprint density at radius 2 is 1.00 bits per heavy atom. The minimum absolute atomic E-state index is 0.623. The Bertz CT molecular complexity index is 3570. The molecule has 0 spiro atoms. The number of thiophene rings is 1. The molecule has 270 valence electrons. The van der Waals surface area contributed by atoms with Gasteiger partial charge in [-0.05, 0) is 53.6 Å². The summed E-state index contributed by atoms with van der Waals surface area (Å²) in [5, 5.41) is 7.73. The third kappa shape index (κ3) is 5.23. The van der Waals surface area contributed by atoms with Gasteiger partial charge in [0.1, 0.15) is 11.2 Å². The van der Waals surface area contributed by atoms with Crippen molar-refractivity contribution in [2.24, 2.45) is 0 Å². The molecule has 0 saturated heterocycles. The van der Waals surface area contributed by atoms with E-state index in [-0.39, 0.29) is 0 Å². The lowest BCUT2D eigenvalue weighted by atomic mass is 9.97. The van der Waals surface area contributed by atoms with E-state index in [9.17, 15) is 0 Å². The summed E-state index contributed by atoms with van der Waals surface area (Å²) in [5.74, 6) is 1.91. The van der Waals surface area contributed by atoms with E-state index in [0.29, 0.717) is 17.5 Å². The SMILES string of the molecule is c1ccc(-c2nc(-c3cccc(-c4ccc5oc6c(ccc7c(-c8ccccc8)nc8ccccc8c76)c5c4)c3)nc(-c3cccc4sc5ccccc5c34)n2)cc1. The van der Waals surface area contributed by atoms with E-state index in [0.717, 1.165) is 82.7 Å². The molecule has 12 rings (SSSR count). The van der Waals surface area contributed by atoms with Gasteiger partial charge in [-0.25, -0.2) is 19.9 Å². The summed E-state index contributed by atoms with van der Waals surface area (Å²) in [6.45, 7) is 0. The van der Waals surface area contributed by atoms with Crippen molar-refractivity contribution < 1.29 is 4.42 Å². The highest BCUT2D eigenvalue weighted by Gasteiger charge is 2.20. The van der Waals surface area contributed by atoms with Gasteiger partial charge in [-0.1, -0.05) is 140 Å². The van der Waals surface area contributed by atoms with Crippen LogP contribution in [-0.4, -0.2) is 19.9 Å². The highest BCUT2D eigenvalue weighted by Crippen LogP contribution is 2.43. The Kier molecular flexibility index (Phi) is 7.33. The number of rotatable bonds is 5. The first-order chi connectivity index (χ1) is 28.7. The van der Waals surface area contributed by atoms with Crippen molar-refractivity contribution in [3.8, 4) is 56.5 Å². The van der Waals surface area contributed by atoms with Crippen LogP contribution < -0.4 is 0 Å². The standard InChI is InChI=1S/C52H30N4OS/c1-3-13-31(14-4-1)48-39-27-26-36-41-30-34(25-28-43(41)57-49(36)47(39)37-19-7-9-22-42(37)53-48)33-17-11-18-35(29-33)51-54-50(32-15-5-2-6-16-32)55-52(56-51)40-21-12-24-45-46(40)38-20-8-10-23-44(38)58-45/h1-30H. The largest absolute Gasteiger partial charge is 0.455 e. The summed E-state index contributed by atoms with van der Waals surface area (Å²) in [5.41, 5.74) is 9.67. The number of fused-ring (bicyclic) bond motifs is 10. The number of benzene rings is 8. The van der Waals surface area contributed by atoms with Gasteiger partial charge in [0.25, 0.3) is 0 Å². The summed E-state index contributed by atoms with van der Waals surface area (Å²) >= 11 is 1.79. The van der Waals surface area contributed by atoms with Gasteiger partial charge in [0.05, 0.1) is 11.2 Å². The zero-order valence-corrected chi connectivity index (χ0v) is 31.7. The number of aromatic nitrogens is 4. The summed E-state index contributed by atoms with van der Waals surface area (Å²) in [7, 11) is 0. The van der Waals surface area contributed by atoms with Crippen LogP contribution in [0.25, 0.3) is 120 Å². The smallest absolute Gasteiger partial charge is 0.164 e. The van der Waals surface area contributed by atoms with Gasteiger partial charge in [-0.2, -0.15) is 0 Å². The second-order valence-electron chi connectivity index (χ2n) is 14.6. The maximum absolute atomic E-state index is 6.76. The molecule has 0 aliphatic heterocycles. The van der Waals surface area contributed by atoms with E-state index in [1.807, 2.05) is 30.3 Å². The maximum atomic E-state index is 6.76. The van der Waals surface area contributed by atoms with Crippen LogP contribution in [-0.2, 0) is 0 Å². The molecule has 5 nitrogen and oxygen atoms in total. The van der Waals surface area contributed by atoms with Crippen molar-refractivity contribution in [3.63, 3.8) is 0 Å². The molecule has 8 aromatic carbocycles. The average Bonchev–Trinajstić information content (AvgIpc) is 3.87. The molecule has 0 unspecified atom stereocenters. The third-order valence-electron chi connectivity index (χ3n) is 11.1. The molecule has 0 aliphatic rings. The Morgan fingerprint density at radius 3 is 1.86 bits per heavy atom. The van der Waals surface area contributed by atoms with Crippen molar-refractivity contribution >= 4 is 75.1 Å². The number of pyridine rings is 1. The molecular formula is C52H30N4OS. The fourth-order valence-electron chi connectivity index (χ4n) is 8.40. The van der Waals surface area contributed by atoms with Crippen LogP contribution in [0.1, 0.15) is 0 Å². The fourth-order valence-corrected chi connectivity index (χ4v) is 9.54. The summed E-state index contributed by atoms with van der Waals surface area (Å²) in [4.78, 5) is 20.5. The number of furan rings is 1. The van der Waals surface area contributed by atoms with Gasteiger partial charge < -0.3 is 4.42 Å². The van der Waals surface area contributed by atoms with Gasteiger partial charge in [0.2, 0.25) is 0 Å². The summed E-state index contributed by atoms with van der Waals surface area (Å²) < 4.78 is 9.21. The van der Waals surface area contributed by atoms with E-state index >= 15 is 0 Å².